The van der Waals surface area contributed by atoms with Crippen LogP contribution < -0.4 is 0 Å². The topological polar surface area (TPSA) is 20.2 Å². The third-order valence-corrected chi connectivity index (χ3v) is 3.44. The summed E-state index contributed by atoms with van der Waals surface area (Å²) in [6.07, 6.45) is -1.05. The Hall–Kier alpha value is -0.970. The minimum Gasteiger partial charge on any atom is -0.384 e. The van der Waals surface area contributed by atoms with Crippen LogP contribution in [-0.4, -0.2) is 5.11 Å². The third kappa shape index (κ3) is 2.71. The fraction of sp³-hybridized carbons (Fsp3) is 0.0769. The Kier molecular flexibility index (Phi) is 4.00. The van der Waals surface area contributed by atoms with Crippen molar-refractivity contribution in [3.05, 3.63) is 68.7 Å². The minimum absolute atomic E-state index is 0.275. The summed E-state index contributed by atoms with van der Waals surface area (Å²) < 4.78 is 26.5. The largest absolute Gasteiger partial charge is 0.384 e. The van der Waals surface area contributed by atoms with Gasteiger partial charge in [-0.25, -0.2) is 8.78 Å². The summed E-state index contributed by atoms with van der Waals surface area (Å²) in [6.45, 7) is 0. The van der Waals surface area contributed by atoms with Crippen LogP contribution in [-0.2, 0) is 0 Å². The quantitative estimate of drug-likeness (QED) is 0.860. The van der Waals surface area contributed by atoms with E-state index in [0.29, 0.717) is 15.1 Å². The number of rotatable bonds is 2. The molecule has 0 saturated carbocycles. The first-order valence-electron chi connectivity index (χ1n) is 5.07. The molecule has 0 bridgehead atoms. The van der Waals surface area contributed by atoms with Crippen molar-refractivity contribution in [2.24, 2.45) is 0 Å². The van der Waals surface area contributed by atoms with Crippen molar-refractivity contribution in [3.8, 4) is 0 Å². The van der Waals surface area contributed by atoms with Gasteiger partial charge in [0.2, 0.25) is 0 Å². The molecule has 1 unspecified atom stereocenters. The fourth-order valence-electron chi connectivity index (χ4n) is 1.59. The minimum atomic E-state index is -1.05. The van der Waals surface area contributed by atoms with E-state index >= 15 is 0 Å². The second kappa shape index (κ2) is 5.34. The molecular weight excluding hydrogens is 325 g/mol. The zero-order valence-electron chi connectivity index (χ0n) is 9.00. The highest BCUT2D eigenvalue weighted by Crippen LogP contribution is 2.31. The van der Waals surface area contributed by atoms with E-state index in [1.54, 1.807) is 18.2 Å². The Morgan fingerprint density at radius 2 is 1.78 bits per heavy atom. The second-order valence-electron chi connectivity index (χ2n) is 3.74. The molecule has 0 amide bonds. The monoisotopic (exact) mass is 332 g/mol. The summed E-state index contributed by atoms with van der Waals surface area (Å²) >= 11 is 9.06. The molecule has 94 valence electrons. The third-order valence-electron chi connectivity index (χ3n) is 2.52. The van der Waals surface area contributed by atoms with E-state index in [9.17, 15) is 13.9 Å². The van der Waals surface area contributed by atoms with Gasteiger partial charge in [-0.1, -0.05) is 39.7 Å². The van der Waals surface area contributed by atoms with E-state index in [0.717, 1.165) is 12.1 Å². The van der Waals surface area contributed by atoms with E-state index in [2.05, 4.69) is 15.9 Å². The number of halogens is 4. The molecule has 0 fully saturated rings. The summed E-state index contributed by atoms with van der Waals surface area (Å²) in [5.74, 6) is -1.93. The van der Waals surface area contributed by atoms with Crippen LogP contribution in [0.3, 0.4) is 0 Å². The SMILES string of the molecule is OC(c1ccc(F)c(F)c1)c1ccc(Cl)cc1Br. The van der Waals surface area contributed by atoms with Gasteiger partial charge in [0.05, 0.1) is 0 Å². The Morgan fingerprint density at radius 1 is 1.06 bits per heavy atom. The molecule has 1 N–H and O–H groups in total. The maximum absolute atomic E-state index is 13.1. The second-order valence-corrected chi connectivity index (χ2v) is 5.03. The van der Waals surface area contributed by atoms with Crippen molar-refractivity contribution >= 4 is 27.5 Å². The van der Waals surface area contributed by atoms with Crippen LogP contribution in [0, 0.1) is 11.6 Å². The molecule has 2 rings (SSSR count). The van der Waals surface area contributed by atoms with Crippen molar-refractivity contribution in [3.63, 3.8) is 0 Å². The van der Waals surface area contributed by atoms with E-state index in [1.807, 2.05) is 0 Å². The first-order valence-corrected chi connectivity index (χ1v) is 6.24. The van der Waals surface area contributed by atoms with Crippen LogP contribution in [0.1, 0.15) is 17.2 Å². The molecule has 2 aromatic rings. The van der Waals surface area contributed by atoms with Gasteiger partial charge in [0, 0.05) is 9.50 Å². The number of hydrogen-bond acceptors (Lipinski definition) is 1. The Bertz CT molecular complexity index is 589. The average molecular weight is 334 g/mol. The number of hydrogen-bond donors (Lipinski definition) is 1. The highest BCUT2D eigenvalue weighted by atomic mass is 79.9. The summed E-state index contributed by atoms with van der Waals surface area (Å²) in [5, 5.41) is 10.6. The molecule has 0 saturated heterocycles. The molecular formula is C13H8BrClF2O. The average Bonchev–Trinajstić information content (AvgIpc) is 2.32. The summed E-state index contributed by atoms with van der Waals surface area (Å²) in [4.78, 5) is 0. The van der Waals surface area contributed by atoms with Crippen molar-refractivity contribution in [2.45, 2.75) is 6.10 Å². The molecule has 1 atom stereocenters. The molecule has 0 aromatic heterocycles. The standard InChI is InChI=1S/C13H8BrClF2O/c14-10-6-8(15)2-3-9(10)13(18)7-1-4-11(16)12(17)5-7/h1-6,13,18H. The number of aliphatic hydroxyl groups is 1. The number of aliphatic hydroxyl groups excluding tert-OH is 1. The molecule has 0 radical (unpaired) electrons. The van der Waals surface area contributed by atoms with Gasteiger partial charge in [-0.2, -0.15) is 0 Å². The molecule has 1 nitrogen and oxygen atoms in total. The molecule has 0 aliphatic carbocycles. The van der Waals surface area contributed by atoms with Crippen LogP contribution in [0.25, 0.3) is 0 Å². The van der Waals surface area contributed by atoms with Gasteiger partial charge >= 0.3 is 0 Å². The van der Waals surface area contributed by atoms with Crippen LogP contribution in [0.2, 0.25) is 5.02 Å². The zero-order valence-corrected chi connectivity index (χ0v) is 11.3. The van der Waals surface area contributed by atoms with Gasteiger partial charge < -0.3 is 5.11 Å². The van der Waals surface area contributed by atoms with Gasteiger partial charge in [0.15, 0.2) is 11.6 Å². The highest BCUT2D eigenvalue weighted by molar-refractivity contribution is 9.10. The molecule has 0 aliphatic heterocycles. The van der Waals surface area contributed by atoms with Gasteiger partial charge in [0.1, 0.15) is 6.10 Å². The lowest BCUT2D eigenvalue weighted by Crippen LogP contribution is -2.02. The van der Waals surface area contributed by atoms with E-state index in [1.165, 1.54) is 6.07 Å². The predicted octanol–water partition coefficient (Wildman–Crippen LogP) is 4.46. The normalized spacial score (nSPS) is 12.5. The first-order chi connectivity index (χ1) is 8.49. The van der Waals surface area contributed by atoms with Crippen molar-refractivity contribution in [1.29, 1.82) is 0 Å². The predicted molar refractivity (Wildman–Crippen MR) is 69.6 cm³/mol. The number of benzene rings is 2. The molecule has 2 aromatic carbocycles. The lowest BCUT2D eigenvalue weighted by molar-refractivity contribution is 0.218. The van der Waals surface area contributed by atoms with E-state index in [4.69, 9.17) is 11.6 Å². The van der Waals surface area contributed by atoms with Crippen molar-refractivity contribution in [1.82, 2.24) is 0 Å². The molecule has 0 aliphatic rings. The van der Waals surface area contributed by atoms with Gasteiger partial charge in [-0.3, -0.25) is 0 Å². The van der Waals surface area contributed by atoms with Crippen LogP contribution in [0.4, 0.5) is 8.78 Å². The van der Waals surface area contributed by atoms with Crippen LogP contribution in [0.5, 0.6) is 0 Å². The van der Waals surface area contributed by atoms with E-state index < -0.39 is 17.7 Å². The van der Waals surface area contributed by atoms with Gasteiger partial charge in [0.25, 0.3) is 0 Å². The summed E-state index contributed by atoms with van der Waals surface area (Å²) in [7, 11) is 0. The van der Waals surface area contributed by atoms with Crippen LogP contribution >= 0.6 is 27.5 Å². The maximum atomic E-state index is 13.1. The molecule has 0 spiro atoms. The first kappa shape index (κ1) is 13.5. The Labute approximate surface area is 116 Å². The molecule has 18 heavy (non-hydrogen) atoms. The van der Waals surface area contributed by atoms with Gasteiger partial charge in [-0.15, -0.1) is 0 Å². The van der Waals surface area contributed by atoms with Gasteiger partial charge in [-0.05, 0) is 35.4 Å². The van der Waals surface area contributed by atoms with E-state index in [-0.39, 0.29) is 5.56 Å². The summed E-state index contributed by atoms with van der Waals surface area (Å²) in [5.41, 5.74) is 0.808. The lowest BCUT2D eigenvalue weighted by atomic mass is 10.0. The van der Waals surface area contributed by atoms with Crippen molar-refractivity contribution in [2.75, 3.05) is 0 Å². The fourth-order valence-corrected chi connectivity index (χ4v) is 2.48. The van der Waals surface area contributed by atoms with Crippen LogP contribution in [0.15, 0.2) is 40.9 Å². The summed E-state index contributed by atoms with van der Waals surface area (Å²) in [6, 6.07) is 8.16. The molecule has 5 heteroatoms. The zero-order chi connectivity index (χ0) is 13.3. The highest BCUT2D eigenvalue weighted by Gasteiger charge is 2.15. The maximum Gasteiger partial charge on any atom is 0.159 e. The molecule has 0 heterocycles. The van der Waals surface area contributed by atoms with Crippen molar-refractivity contribution < 1.29 is 13.9 Å². The lowest BCUT2D eigenvalue weighted by Gasteiger charge is -2.13. The Balaban J connectivity index is 2.41. The Morgan fingerprint density at radius 3 is 2.39 bits per heavy atom. The smallest absolute Gasteiger partial charge is 0.159 e.